The van der Waals surface area contributed by atoms with Crippen LogP contribution in [-0.2, 0) is 16.8 Å². The molecular formula is C42H32CoN8+2. The zero-order valence-electron chi connectivity index (χ0n) is 27.3. The number of aromatic nitrogens is 6. The Kier molecular flexibility index (Phi) is 10.9. The zero-order valence-corrected chi connectivity index (χ0v) is 28.4. The number of rotatable bonds is 6. The summed E-state index contributed by atoms with van der Waals surface area (Å²) in [6.45, 7) is 0. The number of nitrogen functional groups attached to an aromatic ring is 2. The molecule has 1 radical (unpaired) electrons. The van der Waals surface area contributed by atoms with Crippen LogP contribution in [0.2, 0.25) is 0 Å². The molecule has 6 aromatic heterocycles. The zero-order chi connectivity index (χ0) is 34.1. The van der Waals surface area contributed by atoms with E-state index in [0.717, 1.165) is 79.2 Å². The van der Waals surface area contributed by atoms with Crippen molar-refractivity contribution in [1.82, 2.24) is 29.9 Å². The van der Waals surface area contributed by atoms with Crippen molar-refractivity contribution >= 4 is 11.4 Å². The summed E-state index contributed by atoms with van der Waals surface area (Å²) >= 11 is 0. The number of hydrogen-bond acceptors (Lipinski definition) is 8. The summed E-state index contributed by atoms with van der Waals surface area (Å²) in [5.74, 6) is 0. The number of hydrogen-bond donors (Lipinski definition) is 2. The summed E-state index contributed by atoms with van der Waals surface area (Å²) < 4.78 is 0. The van der Waals surface area contributed by atoms with Crippen molar-refractivity contribution in [3.63, 3.8) is 0 Å². The van der Waals surface area contributed by atoms with E-state index in [2.05, 4.69) is 19.9 Å². The normalized spacial score (nSPS) is 10.4. The van der Waals surface area contributed by atoms with Crippen molar-refractivity contribution in [3.8, 4) is 67.8 Å². The molecule has 0 aliphatic heterocycles. The van der Waals surface area contributed by atoms with Crippen LogP contribution in [0.5, 0.6) is 0 Å². The Hall–Kier alpha value is -6.55. The minimum Gasteiger partial charge on any atom is -0.399 e. The Bertz CT molecular complexity index is 2020. The van der Waals surface area contributed by atoms with Gasteiger partial charge in [0.05, 0.1) is 45.6 Å². The van der Waals surface area contributed by atoms with E-state index < -0.39 is 0 Å². The molecule has 0 spiro atoms. The summed E-state index contributed by atoms with van der Waals surface area (Å²) in [5, 5.41) is 0. The van der Waals surface area contributed by atoms with Crippen molar-refractivity contribution in [2.75, 3.05) is 11.5 Å². The van der Waals surface area contributed by atoms with E-state index in [9.17, 15) is 0 Å². The first-order valence-corrected chi connectivity index (χ1v) is 16.0. The van der Waals surface area contributed by atoms with Crippen LogP contribution in [0.25, 0.3) is 67.8 Å². The fourth-order valence-corrected chi connectivity index (χ4v) is 5.33. The second kappa shape index (κ2) is 16.2. The molecule has 4 N–H and O–H groups in total. The molecule has 0 amide bonds. The molecular weight excluding hydrogens is 675 g/mol. The van der Waals surface area contributed by atoms with Gasteiger partial charge in [0.2, 0.25) is 0 Å². The van der Waals surface area contributed by atoms with Crippen LogP contribution in [0.1, 0.15) is 0 Å². The van der Waals surface area contributed by atoms with Gasteiger partial charge in [-0.3, -0.25) is 19.9 Å². The van der Waals surface area contributed by atoms with Gasteiger partial charge >= 0.3 is 16.8 Å². The Labute approximate surface area is 306 Å². The van der Waals surface area contributed by atoms with E-state index in [1.165, 1.54) is 0 Å². The first-order valence-electron chi connectivity index (χ1n) is 16.0. The molecule has 9 heteroatoms. The fourth-order valence-electron chi connectivity index (χ4n) is 5.33. The third-order valence-electron chi connectivity index (χ3n) is 7.85. The van der Waals surface area contributed by atoms with Gasteiger partial charge in [-0.15, -0.1) is 0 Å². The standard InChI is InChI=1S/2C21H16N4.Co/c2*22-17-9-7-15(8-10-17)16-13-20(18-5-1-3-11-23-18)25-21(14-16)19-6-2-4-12-24-19;/h2*1-14H,22H2;/q;;+2. The molecule has 8 aromatic rings. The summed E-state index contributed by atoms with van der Waals surface area (Å²) in [6, 6.07) is 47.0. The van der Waals surface area contributed by atoms with Crippen molar-refractivity contribution in [2.24, 2.45) is 0 Å². The molecule has 0 unspecified atom stereocenters. The molecule has 6 heterocycles. The minimum absolute atomic E-state index is 0. The predicted molar refractivity (Wildman–Crippen MR) is 201 cm³/mol. The van der Waals surface area contributed by atoms with Gasteiger partial charge in [0.25, 0.3) is 0 Å². The first-order chi connectivity index (χ1) is 24.6. The van der Waals surface area contributed by atoms with Gasteiger partial charge in [-0.1, -0.05) is 48.5 Å². The van der Waals surface area contributed by atoms with Gasteiger partial charge < -0.3 is 11.5 Å². The van der Waals surface area contributed by atoms with E-state index in [1.54, 1.807) is 24.8 Å². The van der Waals surface area contributed by atoms with Gasteiger partial charge in [-0.25, -0.2) is 9.97 Å². The summed E-state index contributed by atoms with van der Waals surface area (Å²) in [5.41, 5.74) is 24.0. The van der Waals surface area contributed by atoms with E-state index >= 15 is 0 Å². The molecule has 0 atom stereocenters. The van der Waals surface area contributed by atoms with E-state index in [1.807, 2.05) is 146 Å². The molecule has 2 aromatic carbocycles. The van der Waals surface area contributed by atoms with Gasteiger partial charge in [0, 0.05) is 36.2 Å². The molecule has 0 saturated heterocycles. The number of nitrogens with zero attached hydrogens (tertiary/aromatic N) is 6. The second-order valence-electron chi connectivity index (χ2n) is 11.4. The second-order valence-corrected chi connectivity index (χ2v) is 11.4. The van der Waals surface area contributed by atoms with E-state index in [4.69, 9.17) is 21.4 Å². The molecule has 8 nitrogen and oxygen atoms in total. The molecule has 0 fully saturated rings. The Morgan fingerprint density at radius 3 is 0.804 bits per heavy atom. The smallest absolute Gasteiger partial charge is 0.399 e. The maximum absolute atomic E-state index is 5.81. The third kappa shape index (κ3) is 8.55. The Morgan fingerprint density at radius 1 is 0.294 bits per heavy atom. The fraction of sp³-hybridized carbons (Fsp3) is 0. The van der Waals surface area contributed by atoms with Gasteiger partial charge in [0.1, 0.15) is 0 Å². The van der Waals surface area contributed by atoms with Crippen LogP contribution in [0.4, 0.5) is 11.4 Å². The minimum atomic E-state index is 0. The van der Waals surface area contributed by atoms with Crippen molar-refractivity contribution in [2.45, 2.75) is 0 Å². The number of pyridine rings is 6. The van der Waals surface area contributed by atoms with Gasteiger partial charge in [0.15, 0.2) is 0 Å². The molecule has 0 aliphatic rings. The van der Waals surface area contributed by atoms with E-state index in [0.29, 0.717) is 0 Å². The Morgan fingerprint density at radius 2 is 0.569 bits per heavy atom. The van der Waals surface area contributed by atoms with Crippen molar-refractivity contribution < 1.29 is 16.8 Å². The average molecular weight is 708 g/mol. The average Bonchev–Trinajstić information content (AvgIpc) is 3.20. The maximum Gasteiger partial charge on any atom is 2.00 e. The monoisotopic (exact) mass is 707 g/mol. The van der Waals surface area contributed by atoms with Gasteiger partial charge in [-0.2, -0.15) is 0 Å². The molecule has 0 bridgehead atoms. The van der Waals surface area contributed by atoms with Crippen molar-refractivity contribution in [1.29, 1.82) is 0 Å². The van der Waals surface area contributed by atoms with Crippen molar-refractivity contribution in [3.05, 3.63) is 170 Å². The van der Waals surface area contributed by atoms with Gasteiger partial charge in [-0.05, 0) is 119 Å². The summed E-state index contributed by atoms with van der Waals surface area (Å²) in [7, 11) is 0. The molecule has 51 heavy (non-hydrogen) atoms. The largest absolute Gasteiger partial charge is 2.00 e. The molecule has 0 saturated carbocycles. The number of anilines is 2. The molecule has 0 aliphatic carbocycles. The topological polar surface area (TPSA) is 129 Å². The predicted octanol–water partition coefficient (Wildman–Crippen LogP) is 8.91. The number of benzene rings is 2. The van der Waals surface area contributed by atoms with Crippen LogP contribution in [0.3, 0.4) is 0 Å². The van der Waals surface area contributed by atoms with E-state index in [-0.39, 0.29) is 16.8 Å². The van der Waals surface area contributed by atoms with Crippen LogP contribution >= 0.6 is 0 Å². The maximum atomic E-state index is 5.81. The SMILES string of the molecule is Nc1ccc(-c2cc(-c3ccccn3)nc(-c3ccccn3)c2)cc1.Nc1ccc(-c2cc(-c3ccccn3)nc(-c3ccccn3)c2)cc1.[Co+2]. The summed E-state index contributed by atoms with van der Waals surface area (Å²) in [4.78, 5) is 27.3. The third-order valence-corrected chi connectivity index (χ3v) is 7.85. The number of nitrogens with two attached hydrogens (primary N) is 2. The molecule has 8 rings (SSSR count). The van der Waals surface area contributed by atoms with Crippen LogP contribution in [0, 0.1) is 0 Å². The van der Waals surface area contributed by atoms with Crippen LogP contribution in [-0.4, -0.2) is 29.9 Å². The molecule has 247 valence electrons. The Balaban J connectivity index is 0.000000172. The first kappa shape index (κ1) is 34.3. The quantitative estimate of drug-likeness (QED) is 0.164. The summed E-state index contributed by atoms with van der Waals surface area (Å²) in [6.07, 6.45) is 7.08. The van der Waals surface area contributed by atoms with Crippen LogP contribution < -0.4 is 11.5 Å². The van der Waals surface area contributed by atoms with Crippen LogP contribution in [0.15, 0.2) is 170 Å².